The molecule has 0 bridgehead atoms. The maximum Gasteiger partial charge on any atom is 0.185 e. The highest BCUT2D eigenvalue weighted by molar-refractivity contribution is 5.75. The summed E-state index contributed by atoms with van der Waals surface area (Å²) in [5.74, 6) is 2.08. The van der Waals surface area contributed by atoms with Crippen LogP contribution in [0.4, 0.5) is 0 Å². The number of nitrogens with zero attached hydrogens (tertiary/aromatic N) is 2. The molecule has 0 radical (unpaired) electrons. The van der Waals surface area contributed by atoms with Crippen LogP contribution in [-0.4, -0.2) is 37.0 Å². The predicted octanol–water partition coefficient (Wildman–Crippen LogP) is 0.928. The lowest BCUT2D eigenvalue weighted by Gasteiger charge is -2.25. The summed E-state index contributed by atoms with van der Waals surface area (Å²) < 4.78 is 5.81. The number of benzene rings is 1. The van der Waals surface area contributed by atoms with Crippen LogP contribution in [-0.2, 0) is 0 Å². The molecule has 0 saturated heterocycles. The standard InChI is InChI=1S/C14H20N4O/c15-14(16)17-8-11-18-9-6-13(7-10-18)19-12-4-2-1-3-5-12/h1-6H,7-11H2,(H4,15,16,17). The van der Waals surface area contributed by atoms with Crippen molar-refractivity contribution in [3.8, 4) is 5.75 Å². The number of guanidine groups is 1. The highest BCUT2D eigenvalue weighted by atomic mass is 16.5. The van der Waals surface area contributed by atoms with Gasteiger partial charge in [-0.3, -0.25) is 9.89 Å². The third kappa shape index (κ3) is 4.63. The Labute approximate surface area is 113 Å². The van der Waals surface area contributed by atoms with E-state index in [0.29, 0.717) is 6.54 Å². The third-order valence-electron chi connectivity index (χ3n) is 2.95. The predicted molar refractivity (Wildman–Crippen MR) is 76.9 cm³/mol. The molecule has 19 heavy (non-hydrogen) atoms. The third-order valence-corrected chi connectivity index (χ3v) is 2.95. The number of nitrogens with two attached hydrogens (primary N) is 2. The first-order valence-electron chi connectivity index (χ1n) is 6.44. The van der Waals surface area contributed by atoms with Crippen LogP contribution in [0.5, 0.6) is 5.75 Å². The normalized spacial score (nSPS) is 15.7. The number of hydrogen-bond donors (Lipinski definition) is 2. The van der Waals surface area contributed by atoms with Gasteiger partial charge < -0.3 is 16.2 Å². The minimum absolute atomic E-state index is 0.153. The monoisotopic (exact) mass is 260 g/mol. The van der Waals surface area contributed by atoms with Gasteiger partial charge in [0.2, 0.25) is 0 Å². The summed E-state index contributed by atoms with van der Waals surface area (Å²) in [5.41, 5.74) is 10.6. The van der Waals surface area contributed by atoms with Crippen LogP contribution in [0.2, 0.25) is 0 Å². The van der Waals surface area contributed by atoms with Gasteiger partial charge in [0, 0.05) is 26.1 Å². The molecule has 1 aromatic carbocycles. The lowest BCUT2D eigenvalue weighted by Crippen LogP contribution is -2.33. The number of aliphatic imine (C=N–C) groups is 1. The Hall–Kier alpha value is -2.01. The summed E-state index contributed by atoms with van der Waals surface area (Å²) in [6.45, 7) is 3.36. The molecule has 0 spiro atoms. The van der Waals surface area contributed by atoms with Crippen molar-refractivity contribution in [3.05, 3.63) is 42.2 Å². The van der Waals surface area contributed by atoms with E-state index in [-0.39, 0.29) is 5.96 Å². The van der Waals surface area contributed by atoms with E-state index in [1.807, 2.05) is 30.3 Å². The van der Waals surface area contributed by atoms with Crippen molar-refractivity contribution < 1.29 is 4.74 Å². The van der Waals surface area contributed by atoms with Crippen LogP contribution < -0.4 is 16.2 Å². The summed E-state index contributed by atoms with van der Waals surface area (Å²) >= 11 is 0. The molecule has 0 amide bonds. The van der Waals surface area contributed by atoms with E-state index in [2.05, 4.69) is 16.0 Å². The molecule has 1 aromatic rings. The Morgan fingerprint density at radius 2 is 2.05 bits per heavy atom. The van der Waals surface area contributed by atoms with Crippen molar-refractivity contribution in [3.63, 3.8) is 0 Å². The van der Waals surface area contributed by atoms with Crippen LogP contribution in [0, 0.1) is 0 Å². The van der Waals surface area contributed by atoms with Crippen molar-refractivity contribution in [2.24, 2.45) is 16.5 Å². The van der Waals surface area contributed by atoms with E-state index < -0.39 is 0 Å². The van der Waals surface area contributed by atoms with E-state index >= 15 is 0 Å². The van der Waals surface area contributed by atoms with Gasteiger partial charge in [0.15, 0.2) is 5.96 Å². The van der Waals surface area contributed by atoms with Crippen molar-refractivity contribution in [1.29, 1.82) is 0 Å². The van der Waals surface area contributed by atoms with Crippen LogP contribution in [0.1, 0.15) is 6.42 Å². The number of rotatable bonds is 5. The summed E-state index contributed by atoms with van der Waals surface area (Å²) in [4.78, 5) is 6.28. The first-order chi connectivity index (χ1) is 9.24. The van der Waals surface area contributed by atoms with Gasteiger partial charge in [0.1, 0.15) is 11.5 Å². The van der Waals surface area contributed by atoms with Crippen LogP contribution in [0.3, 0.4) is 0 Å². The van der Waals surface area contributed by atoms with Crippen LogP contribution in [0.15, 0.2) is 47.2 Å². The topological polar surface area (TPSA) is 76.9 Å². The fourth-order valence-electron chi connectivity index (χ4n) is 1.95. The van der Waals surface area contributed by atoms with Crippen LogP contribution >= 0.6 is 0 Å². The average Bonchev–Trinajstić information content (AvgIpc) is 2.42. The van der Waals surface area contributed by atoms with Crippen molar-refractivity contribution in [2.75, 3.05) is 26.2 Å². The van der Waals surface area contributed by atoms with E-state index in [1.54, 1.807) is 0 Å². The second-order valence-corrected chi connectivity index (χ2v) is 4.44. The Morgan fingerprint density at radius 1 is 1.26 bits per heavy atom. The number of para-hydroxylation sites is 1. The van der Waals surface area contributed by atoms with Crippen molar-refractivity contribution in [2.45, 2.75) is 6.42 Å². The van der Waals surface area contributed by atoms with Gasteiger partial charge in [-0.15, -0.1) is 0 Å². The van der Waals surface area contributed by atoms with Gasteiger partial charge in [-0.2, -0.15) is 0 Å². The molecule has 0 atom stereocenters. The molecular weight excluding hydrogens is 240 g/mol. The molecule has 4 N–H and O–H groups in total. The van der Waals surface area contributed by atoms with Gasteiger partial charge in [-0.05, 0) is 18.2 Å². The van der Waals surface area contributed by atoms with Crippen LogP contribution in [0.25, 0.3) is 0 Å². The van der Waals surface area contributed by atoms with Gasteiger partial charge in [0.25, 0.3) is 0 Å². The molecule has 102 valence electrons. The Balaban J connectivity index is 1.78. The van der Waals surface area contributed by atoms with E-state index in [0.717, 1.165) is 37.6 Å². The molecule has 0 aromatic heterocycles. The molecule has 5 heteroatoms. The van der Waals surface area contributed by atoms with Crippen molar-refractivity contribution in [1.82, 2.24) is 4.90 Å². The average molecular weight is 260 g/mol. The zero-order valence-corrected chi connectivity index (χ0v) is 11.0. The smallest absolute Gasteiger partial charge is 0.185 e. The first-order valence-corrected chi connectivity index (χ1v) is 6.44. The molecule has 0 aliphatic carbocycles. The lowest BCUT2D eigenvalue weighted by molar-refractivity contribution is 0.267. The molecule has 5 nitrogen and oxygen atoms in total. The Kier molecular flexibility index (Phi) is 4.80. The van der Waals surface area contributed by atoms with Gasteiger partial charge in [0.05, 0.1) is 6.54 Å². The van der Waals surface area contributed by atoms with Gasteiger partial charge in [-0.25, -0.2) is 0 Å². The molecule has 2 rings (SSSR count). The molecule has 0 saturated carbocycles. The summed E-state index contributed by atoms with van der Waals surface area (Å²) in [6, 6.07) is 9.85. The highest BCUT2D eigenvalue weighted by Crippen LogP contribution is 2.17. The molecule has 1 aliphatic heterocycles. The second-order valence-electron chi connectivity index (χ2n) is 4.44. The van der Waals surface area contributed by atoms with E-state index in [9.17, 15) is 0 Å². The quantitative estimate of drug-likeness (QED) is 0.610. The van der Waals surface area contributed by atoms with E-state index in [1.165, 1.54) is 0 Å². The van der Waals surface area contributed by atoms with E-state index in [4.69, 9.17) is 16.2 Å². The molecule has 0 unspecified atom stereocenters. The minimum Gasteiger partial charge on any atom is -0.462 e. The van der Waals surface area contributed by atoms with Gasteiger partial charge >= 0.3 is 0 Å². The zero-order chi connectivity index (χ0) is 13.5. The lowest BCUT2D eigenvalue weighted by atomic mass is 10.2. The number of hydrogen-bond acceptors (Lipinski definition) is 3. The number of ether oxygens (including phenoxy) is 1. The maximum atomic E-state index is 5.81. The summed E-state index contributed by atoms with van der Waals surface area (Å²) in [6.07, 6.45) is 3.03. The zero-order valence-electron chi connectivity index (χ0n) is 11.0. The summed E-state index contributed by atoms with van der Waals surface area (Å²) in [5, 5.41) is 0. The maximum absolute atomic E-state index is 5.81. The fraction of sp³-hybridized carbons (Fsp3) is 0.357. The molecule has 0 fully saturated rings. The van der Waals surface area contributed by atoms with Gasteiger partial charge in [-0.1, -0.05) is 18.2 Å². The van der Waals surface area contributed by atoms with Crippen molar-refractivity contribution >= 4 is 5.96 Å². The molecular formula is C14H20N4O. The second kappa shape index (κ2) is 6.80. The first kappa shape index (κ1) is 13.4. The molecule has 1 aliphatic rings. The summed E-state index contributed by atoms with van der Waals surface area (Å²) in [7, 11) is 0. The fourth-order valence-corrected chi connectivity index (χ4v) is 1.95. The molecule has 1 heterocycles. The highest BCUT2D eigenvalue weighted by Gasteiger charge is 2.12. The minimum atomic E-state index is 0.153. The largest absolute Gasteiger partial charge is 0.462 e. The SMILES string of the molecule is NC(N)=NCCN1CC=C(Oc2ccccc2)CC1. The Morgan fingerprint density at radius 3 is 2.68 bits per heavy atom. The Bertz CT molecular complexity index is 452.